The van der Waals surface area contributed by atoms with E-state index < -0.39 is 71.4 Å². The Labute approximate surface area is 264 Å². The van der Waals surface area contributed by atoms with Gasteiger partial charge in [-0.25, -0.2) is 4.90 Å². The highest BCUT2D eigenvalue weighted by molar-refractivity contribution is 6.22. The lowest BCUT2D eigenvalue weighted by atomic mass is 9.69. The molecule has 7 nitrogen and oxygen atoms in total. The van der Waals surface area contributed by atoms with E-state index in [9.17, 15) is 46.1 Å². The number of imide groups is 1. The van der Waals surface area contributed by atoms with Crippen molar-refractivity contribution in [2.24, 2.45) is 17.8 Å². The molecular formula is C34H28F6N2O5. The zero-order chi connectivity index (χ0) is 33.7. The monoisotopic (exact) mass is 658 g/mol. The summed E-state index contributed by atoms with van der Waals surface area (Å²) in [6.45, 7) is -0.505. The molecular weight excluding hydrogens is 630 g/mol. The average Bonchev–Trinajstić information content (AvgIpc) is 3.56. The van der Waals surface area contributed by atoms with Crippen molar-refractivity contribution in [1.82, 2.24) is 4.98 Å². The average molecular weight is 659 g/mol. The SMILES string of the molecule is O=C1[C@@H]2[C@@H](CC(CO)=C3[C@@H](CC/C(=C/c4ccccc4O)c4ccccn4)OC[C@@H]32)C(=O)N1c1cc(C(F)(F)F)cc(C(F)(F)F)c1. The Morgan fingerprint density at radius 1 is 0.936 bits per heavy atom. The lowest BCUT2D eigenvalue weighted by Gasteiger charge is -2.31. The fourth-order valence-corrected chi connectivity index (χ4v) is 6.85. The number of aromatic hydroxyl groups is 1. The lowest BCUT2D eigenvalue weighted by Crippen LogP contribution is -2.35. The summed E-state index contributed by atoms with van der Waals surface area (Å²) in [7, 11) is 0. The van der Waals surface area contributed by atoms with Crippen LogP contribution in [0.4, 0.5) is 32.0 Å². The smallest absolute Gasteiger partial charge is 0.416 e. The number of anilines is 1. The van der Waals surface area contributed by atoms with Gasteiger partial charge < -0.3 is 14.9 Å². The van der Waals surface area contributed by atoms with Crippen molar-refractivity contribution in [1.29, 1.82) is 0 Å². The number of pyridine rings is 1. The van der Waals surface area contributed by atoms with E-state index in [4.69, 9.17) is 4.74 Å². The van der Waals surface area contributed by atoms with Gasteiger partial charge in [-0.3, -0.25) is 14.6 Å². The van der Waals surface area contributed by atoms with Gasteiger partial charge in [-0.15, -0.1) is 0 Å². The van der Waals surface area contributed by atoms with Gasteiger partial charge in [-0.2, -0.15) is 26.3 Å². The van der Waals surface area contributed by atoms with E-state index in [-0.39, 0.29) is 24.8 Å². The van der Waals surface area contributed by atoms with Gasteiger partial charge in [0, 0.05) is 17.7 Å². The Morgan fingerprint density at radius 2 is 1.62 bits per heavy atom. The second-order valence-electron chi connectivity index (χ2n) is 11.7. The number of allylic oxidation sites excluding steroid dienone is 1. The number of aliphatic hydroxyl groups excluding tert-OH is 1. The van der Waals surface area contributed by atoms with Crippen LogP contribution in [0.2, 0.25) is 0 Å². The van der Waals surface area contributed by atoms with Crippen LogP contribution in [0.5, 0.6) is 5.75 Å². The zero-order valence-corrected chi connectivity index (χ0v) is 24.6. The molecule has 0 bridgehead atoms. The van der Waals surface area contributed by atoms with E-state index in [2.05, 4.69) is 4.98 Å². The van der Waals surface area contributed by atoms with Crippen LogP contribution in [0.25, 0.3) is 11.6 Å². The summed E-state index contributed by atoms with van der Waals surface area (Å²) < 4.78 is 87.6. The van der Waals surface area contributed by atoms with Crippen LogP contribution < -0.4 is 4.90 Å². The number of phenols is 1. The van der Waals surface area contributed by atoms with Crippen molar-refractivity contribution < 1.29 is 50.9 Å². The van der Waals surface area contributed by atoms with Gasteiger partial charge in [-0.1, -0.05) is 24.3 Å². The highest BCUT2D eigenvalue weighted by Gasteiger charge is 2.57. The molecule has 4 atom stereocenters. The molecule has 2 aliphatic heterocycles. The summed E-state index contributed by atoms with van der Waals surface area (Å²) in [5.74, 6) is -4.66. The number of ether oxygens (including phenoxy) is 1. The van der Waals surface area contributed by atoms with Crippen molar-refractivity contribution in [3.63, 3.8) is 0 Å². The summed E-state index contributed by atoms with van der Waals surface area (Å²) in [6, 6.07) is 12.8. The van der Waals surface area contributed by atoms with E-state index in [1.54, 1.807) is 42.6 Å². The van der Waals surface area contributed by atoms with Crippen LogP contribution in [-0.4, -0.2) is 46.3 Å². The highest BCUT2D eigenvalue weighted by Crippen LogP contribution is 2.51. The molecule has 1 aromatic heterocycles. The number of amides is 2. The van der Waals surface area contributed by atoms with Crippen LogP contribution in [-0.2, 0) is 26.7 Å². The first-order chi connectivity index (χ1) is 22.3. The second kappa shape index (κ2) is 12.3. The van der Waals surface area contributed by atoms with Gasteiger partial charge in [0.2, 0.25) is 11.8 Å². The minimum absolute atomic E-state index is 0.0317. The first-order valence-electron chi connectivity index (χ1n) is 14.8. The highest BCUT2D eigenvalue weighted by atomic mass is 19.4. The van der Waals surface area contributed by atoms with Crippen LogP contribution in [0.15, 0.2) is 78.0 Å². The summed E-state index contributed by atoms with van der Waals surface area (Å²) in [5.41, 5.74) is -1.05. The Hall–Kier alpha value is -4.49. The van der Waals surface area contributed by atoms with E-state index in [1.807, 2.05) is 12.1 Å². The maximum Gasteiger partial charge on any atom is 0.416 e. The molecule has 47 heavy (non-hydrogen) atoms. The molecule has 2 aromatic carbocycles. The number of carbonyl (C=O) groups excluding carboxylic acids is 2. The predicted molar refractivity (Wildman–Crippen MR) is 157 cm³/mol. The van der Waals surface area contributed by atoms with Gasteiger partial charge in [0.15, 0.2) is 0 Å². The molecule has 0 radical (unpaired) electrons. The Bertz CT molecular complexity index is 1740. The van der Waals surface area contributed by atoms with E-state index in [0.29, 0.717) is 52.3 Å². The fourth-order valence-electron chi connectivity index (χ4n) is 6.85. The number of benzene rings is 2. The number of nitrogens with zero attached hydrogens (tertiary/aromatic N) is 2. The summed E-state index contributed by atoms with van der Waals surface area (Å²) in [6.07, 6.45) is -6.85. The second-order valence-corrected chi connectivity index (χ2v) is 11.7. The van der Waals surface area contributed by atoms with E-state index in [0.717, 1.165) is 5.57 Å². The van der Waals surface area contributed by atoms with Crippen LogP contribution >= 0.6 is 0 Å². The zero-order valence-electron chi connectivity index (χ0n) is 24.6. The number of hydrogen-bond acceptors (Lipinski definition) is 6. The topological polar surface area (TPSA) is 100.0 Å². The Kier molecular flexibility index (Phi) is 8.47. The van der Waals surface area contributed by atoms with Crippen LogP contribution in [0, 0.1) is 17.8 Å². The molecule has 6 rings (SSSR count). The van der Waals surface area contributed by atoms with Gasteiger partial charge in [0.1, 0.15) is 5.75 Å². The summed E-state index contributed by atoms with van der Waals surface area (Å²) in [4.78, 5) is 32.2. The number of hydrogen-bond donors (Lipinski definition) is 2. The molecule has 2 saturated heterocycles. The van der Waals surface area contributed by atoms with Crippen LogP contribution in [0.1, 0.15) is 41.6 Å². The van der Waals surface area contributed by atoms with Gasteiger partial charge in [0.05, 0.1) is 53.7 Å². The van der Waals surface area contributed by atoms with Gasteiger partial charge in [-0.05, 0) is 78.5 Å². The Balaban J connectivity index is 1.30. The first-order valence-corrected chi connectivity index (χ1v) is 14.8. The maximum absolute atomic E-state index is 13.8. The Morgan fingerprint density at radius 3 is 2.23 bits per heavy atom. The number of halogens is 6. The molecule has 2 fully saturated rings. The third-order valence-corrected chi connectivity index (χ3v) is 8.97. The molecule has 3 aromatic rings. The molecule has 1 aliphatic carbocycles. The van der Waals surface area contributed by atoms with Crippen LogP contribution in [0.3, 0.4) is 0 Å². The van der Waals surface area contributed by atoms with Gasteiger partial charge >= 0.3 is 12.4 Å². The standard InChI is InChI=1S/C34H28F6N2O5/c35-33(36,37)21-13-22(34(38,39)40)15-23(14-21)42-31(45)24-12-20(16-43)29-25(30(24)32(42)46)17-47-28(29)9-8-18(26-6-3-4-10-41-26)11-19-5-1-2-7-27(19)44/h1-7,10-11,13-15,24-25,28,30,43-44H,8-9,12,16-17H2/b18-11-/t24-,25+,28-,30-/m1/s1. The third kappa shape index (κ3) is 6.17. The predicted octanol–water partition coefficient (Wildman–Crippen LogP) is 6.66. The molecule has 2 N–H and O–H groups in total. The van der Waals surface area contributed by atoms with E-state index in [1.165, 1.54) is 0 Å². The number of alkyl halides is 6. The maximum atomic E-state index is 13.8. The minimum Gasteiger partial charge on any atom is -0.507 e. The molecule has 0 unspecified atom stereocenters. The molecule has 0 spiro atoms. The number of para-hydroxylation sites is 1. The number of carbonyl (C=O) groups is 2. The fraction of sp³-hybridized carbons (Fsp3) is 0.324. The lowest BCUT2D eigenvalue weighted by molar-refractivity contribution is -0.143. The summed E-state index contributed by atoms with van der Waals surface area (Å²) >= 11 is 0. The molecule has 246 valence electrons. The minimum atomic E-state index is -5.16. The molecule has 3 aliphatic rings. The molecule has 3 heterocycles. The number of aliphatic hydroxyl groups is 1. The number of fused-ring (bicyclic) bond motifs is 3. The quantitative estimate of drug-likeness (QED) is 0.167. The molecule has 0 saturated carbocycles. The van der Waals surface area contributed by atoms with E-state index >= 15 is 0 Å². The first kappa shape index (κ1) is 32.5. The van der Waals surface area contributed by atoms with Crippen molar-refractivity contribution in [2.45, 2.75) is 37.7 Å². The van der Waals surface area contributed by atoms with Crippen molar-refractivity contribution in [3.05, 3.63) is 100 Å². The molecule has 13 heteroatoms. The van der Waals surface area contributed by atoms with Crippen molar-refractivity contribution in [3.8, 4) is 5.75 Å². The van der Waals surface area contributed by atoms with Crippen molar-refractivity contribution >= 4 is 29.2 Å². The van der Waals surface area contributed by atoms with Gasteiger partial charge in [0.25, 0.3) is 0 Å². The molecule has 2 amide bonds. The number of rotatable bonds is 7. The number of phenolic OH excluding ortho intramolecular Hbond substituents is 1. The van der Waals surface area contributed by atoms with Crippen molar-refractivity contribution in [2.75, 3.05) is 18.1 Å². The normalized spacial score (nSPS) is 23.4. The third-order valence-electron chi connectivity index (χ3n) is 8.97. The largest absolute Gasteiger partial charge is 0.507 e. The number of aromatic nitrogens is 1. The summed E-state index contributed by atoms with van der Waals surface area (Å²) in [5, 5.41) is 20.7.